The Kier molecular flexibility index (Phi) is 252. The van der Waals surface area contributed by atoms with Crippen LogP contribution in [0.3, 0.4) is 0 Å². The molecule has 0 aliphatic heterocycles. The molecule has 5 nitrogen and oxygen atoms in total. The summed E-state index contributed by atoms with van der Waals surface area (Å²) in [5, 5.41) is 0. The molecule has 0 heterocycles. The van der Waals surface area contributed by atoms with Crippen molar-refractivity contribution in [3.63, 3.8) is 0 Å². The second-order valence-electron chi connectivity index (χ2n) is 0.0833. The maximum atomic E-state index is 8.58. The Hall–Kier alpha value is 0.532. The molecule has 0 atom stereocenters. The summed E-state index contributed by atoms with van der Waals surface area (Å²) in [7, 11) is 0. The van der Waals surface area contributed by atoms with E-state index in [1.807, 2.05) is 0 Å². The van der Waals surface area contributed by atoms with Gasteiger partial charge in [-0.05, 0) is 0 Å². The molecule has 6 heavy (non-hydrogen) atoms. The third-order valence-electron chi connectivity index (χ3n) is 0. The first-order valence-electron chi connectivity index (χ1n) is 0.408. The fraction of sp³-hybridized carbons (Fsp3) is 0. The fourth-order valence-electron chi connectivity index (χ4n) is 0. The number of hydrogen-bond acceptors (Lipinski definition) is 4. The Balaban J connectivity index is -0.00000000667. The molecule has 0 saturated heterocycles. The molecular weight excluding hydrogens is 318 g/mol. The van der Waals surface area contributed by atoms with Gasteiger partial charge in [0.25, 0.3) is 0 Å². The van der Waals surface area contributed by atoms with Crippen LogP contribution in [0.2, 0.25) is 0 Å². The Morgan fingerprint density at radius 1 is 1.00 bits per heavy atom. The molecule has 0 rings (SSSR count). The molecule has 4 N–H and O–H groups in total. The summed E-state index contributed by atoms with van der Waals surface area (Å²) in [6.45, 7) is 0. The van der Waals surface area contributed by atoms with Gasteiger partial charge >= 0.3 is 32.3 Å². The van der Waals surface area contributed by atoms with Crippen LogP contribution in [-0.2, 0) is 4.47 Å². The van der Waals surface area contributed by atoms with Gasteiger partial charge in [-0.3, -0.25) is 0 Å². The predicted octanol–water partition coefficient (Wildman–Crippen LogP) is -1.42. The summed E-state index contributed by atoms with van der Waals surface area (Å²) >= 11 is -2.51. The normalized spacial score (nSPS) is 1.33. The summed E-state index contributed by atoms with van der Waals surface area (Å²) in [4.78, 5) is 0. The van der Waals surface area contributed by atoms with Crippen LogP contribution in [0.1, 0.15) is 0 Å². The Morgan fingerprint density at radius 2 is 1.00 bits per heavy atom. The van der Waals surface area contributed by atoms with Crippen molar-refractivity contribution in [3.8, 4) is 0 Å². The Labute approximate surface area is 48.9 Å². The third-order valence-corrected chi connectivity index (χ3v) is 0. The molecule has 0 aromatic heterocycles. The van der Waals surface area contributed by atoms with Gasteiger partial charge in [-0.15, -0.1) is 0 Å². The predicted molar refractivity (Wildman–Crippen MR) is 8.86 cm³/mol. The van der Waals surface area contributed by atoms with Gasteiger partial charge in [-0.25, -0.2) is 0 Å². The van der Waals surface area contributed by atoms with E-state index >= 15 is 0 Å². The first-order chi connectivity index (χ1) is 1.41. The van der Waals surface area contributed by atoms with E-state index in [-0.39, 0.29) is 16.4 Å². The quantitative estimate of drug-likeness (QED) is 0.543. The maximum absolute atomic E-state index is 8.58. The van der Waals surface area contributed by atoms with E-state index in [0.717, 1.165) is 0 Å². The van der Waals surface area contributed by atoms with Crippen molar-refractivity contribution >= 4 is 0 Å². The van der Waals surface area contributed by atoms with E-state index in [4.69, 9.17) is 4.47 Å². The van der Waals surface area contributed by atoms with Crippen molar-refractivity contribution in [1.82, 2.24) is 0 Å². The van der Waals surface area contributed by atoms with Gasteiger partial charge in [0.1, 0.15) is 0 Å². The molecule has 0 unspecified atom stereocenters. The first-order valence-corrected chi connectivity index (χ1v) is 3.81. The van der Waals surface area contributed by atoms with Gasteiger partial charge in [0.05, 0.1) is 0 Å². The van der Waals surface area contributed by atoms with Gasteiger partial charge in [0, 0.05) is 0 Å². The summed E-state index contributed by atoms with van der Waals surface area (Å²) in [6, 6.07) is 0. The van der Waals surface area contributed by atoms with E-state index in [2.05, 4.69) is 0 Å². The number of rotatable bonds is 0. The molecular formula is H4O5U. The molecule has 6 heteroatoms. The zero-order valence-electron chi connectivity index (χ0n) is 2.71. The summed E-state index contributed by atoms with van der Waals surface area (Å²) in [5.41, 5.74) is 0. The van der Waals surface area contributed by atoms with Crippen LogP contribution in [0.25, 0.3) is 0 Å². The van der Waals surface area contributed by atoms with Crippen LogP contribution in [0.5, 0.6) is 0 Å². The van der Waals surface area contributed by atoms with Crippen molar-refractivity contribution < 1.29 is 48.7 Å². The van der Waals surface area contributed by atoms with E-state index in [0.29, 0.717) is 0 Å². The van der Waals surface area contributed by atoms with Crippen LogP contribution >= 0.6 is 0 Å². The SMILES string of the molecule is O.[OH-].[OH-].[O]=[U+2]=[O]. The first kappa shape index (κ1) is 31.2. The second-order valence-corrected chi connectivity index (χ2v) is 0.777. The fourth-order valence-corrected chi connectivity index (χ4v) is 0. The van der Waals surface area contributed by atoms with Gasteiger partial charge in [0.15, 0.2) is 0 Å². The molecule has 0 radical (unpaired) electrons. The molecule has 0 aliphatic carbocycles. The van der Waals surface area contributed by atoms with Gasteiger partial charge < -0.3 is 16.4 Å². The molecule has 0 aromatic carbocycles. The van der Waals surface area contributed by atoms with Crippen molar-refractivity contribution in [2.45, 2.75) is 0 Å². The standard InChI is InChI=1S/3H2O.2O.U/h3*1H2;;;/q;;;;;+2/p-2. The van der Waals surface area contributed by atoms with Crippen molar-refractivity contribution in [2.75, 3.05) is 0 Å². The average Bonchev–Trinajstić information content (AvgIpc) is 0.918. The molecule has 0 aromatic rings. The van der Waals surface area contributed by atoms with Crippen LogP contribution < -0.4 is 0 Å². The van der Waals surface area contributed by atoms with E-state index in [9.17, 15) is 0 Å². The molecule has 0 fully saturated rings. The van der Waals surface area contributed by atoms with E-state index in [1.54, 1.807) is 0 Å². The molecule has 0 saturated carbocycles. The average molecular weight is 322 g/mol. The number of hydrogen-bond donors (Lipinski definition) is 0. The van der Waals surface area contributed by atoms with Crippen molar-refractivity contribution in [1.29, 1.82) is 0 Å². The van der Waals surface area contributed by atoms with Crippen LogP contribution in [0, 0.1) is 27.8 Å². The molecule has 0 bridgehead atoms. The second kappa shape index (κ2) is 48.4. The van der Waals surface area contributed by atoms with Gasteiger partial charge in [0.2, 0.25) is 0 Å². The topological polar surface area (TPSA) is 126 Å². The summed E-state index contributed by atoms with van der Waals surface area (Å²) in [5.74, 6) is 0. The van der Waals surface area contributed by atoms with E-state index < -0.39 is 27.8 Å². The third kappa shape index (κ3) is 200. The van der Waals surface area contributed by atoms with Gasteiger partial charge in [-0.1, -0.05) is 0 Å². The van der Waals surface area contributed by atoms with Gasteiger partial charge in [-0.2, -0.15) is 0 Å². The monoisotopic (exact) mass is 322 g/mol. The summed E-state index contributed by atoms with van der Waals surface area (Å²) < 4.78 is 17.2. The summed E-state index contributed by atoms with van der Waals surface area (Å²) in [6.07, 6.45) is 0. The molecule has 0 amide bonds. The zero-order valence-corrected chi connectivity index (χ0v) is 6.87. The van der Waals surface area contributed by atoms with E-state index in [1.165, 1.54) is 0 Å². The van der Waals surface area contributed by atoms with Crippen molar-refractivity contribution in [3.05, 3.63) is 0 Å². The molecule has 0 spiro atoms. The Morgan fingerprint density at radius 3 is 1.00 bits per heavy atom. The minimum atomic E-state index is -2.51. The zero-order chi connectivity index (χ0) is 2.71. The molecule has 38 valence electrons. The Bertz CT molecular complexity index is 24.9. The minimum absolute atomic E-state index is 0. The van der Waals surface area contributed by atoms with Crippen LogP contribution in [0.15, 0.2) is 0 Å². The molecule has 0 aliphatic rings. The van der Waals surface area contributed by atoms with Crippen LogP contribution in [0.4, 0.5) is 0 Å². The van der Waals surface area contributed by atoms with Crippen LogP contribution in [-0.4, -0.2) is 16.4 Å². The van der Waals surface area contributed by atoms with Crippen molar-refractivity contribution in [2.24, 2.45) is 0 Å².